The third kappa shape index (κ3) is 5.43. The fraction of sp³-hybridized carbons (Fsp3) is 0.176. The zero-order valence-electron chi connectivity index (χ0n) is 11.7. The van der Waals surface area contributed by atoms with Gasteiger partial charge in [0.05, 0.1) is 0 Å². The number of halogens is 2. The van der Waals surface area contributed by atoms with Crippen molar-refractivity contribution < 1.29 is 4.74 Å². The molecule has 2 nitrogen and oxygen atoms in total. The molecule has 0 fully saturated rings. The second-order valence-corrected chi connectivity index (χ2v) is 4.81. The lowest BCUT2D eigenvalue weighted by Gasteiger charge is -2.12. The highest BCUT2D eigenvalue weighted by molar-refractivity contribution is 6.31. The molecule has 0 unspecified atom stereocenters. The Kier molecular flexibility index (Phi) is 7.91. The first kappa shape index (κ1) is 17.6. The molecule has 4 heteroatoms. The number of nitrogens with one attached hydrogen (secondary N) is 1. The number of benzene rings is 2. The summed E-state index contributed by atoms with van der Waals surface area (Å²) in [5.74, 6) is 0.879. The Morgan fingerprint density at radius 2 is 1.71 bits per heavy atom. The van der Waals surface area contributed by atoms with Crippen molar-refractivity contribution in [1.82, 2.24) is 5.32 Å². The number of rotatable bonds is 7. The van der Waals surface area contributed by atoms with E-state index in [-0.39, 0.29) is 12.4 Å². The van der Waals surface area contributed by atoms with Crippen molar-refractivity contribution in [2.24, 2.45) is 0 Å². The van der Waals surface area contributed by atoms with E-state index in [4.69, 9.17) is 16.3 Å². The van der Waals surface area contributed by atoms with Gasteiger partial charge in [0.2, 0.25) is 0 Å². The third-order valence-electron chi connectivity index (χ3n) is 2.92. The maximum atomic E-state index is 6.13. The Morgan fingerprint density at radius 3 is 2.43 bits per heavy atom. The van der Waals surface area contributed by atoms with E-state index in [0.29, 0.717) is 6.61 Å². The molecule has 0 aliphatic carbocycles. The maximum absolute atomic E-state index is 6.13. The van der Waals surface area contributed by atoms with Crippen molar-refractivity contribution in [3.05, 3.63) is 77.3 Å². The molecule has 2 rings (SSSR count). The second kappa shape index (κ2) is 9.46. The minimum atomic E-state index is 0. The molecular weight excluding hydrogens is 305 g/mol. The molecular formula is C17H19Cl2NO. The largest absolute Gasteiger partial charge is 0.489 e. The zero-order chi connectivity index (χ0) is 14.2. The molecule has 0 aromatic heterocycles. The average molecular weight is 324 g/mol. The molecule has 0 bridgehead atoms. The minimum absolute atomic E-state index is 0. The standard InChI is InChI=1S/C17H18ClNO.ClH/c1-2-11-19-12-14-7-4-6-10-17(14)20-13-15-8-3-5-9-16(15)18;/h2-10,19H,1,11-13H2;1H. The van der Waals surface area contributed by atoms with Gasteiger partial charge in [-0.25, -0.2) is 0 Å². The Balaban J connectivity index is 0.00000220. The predicted octanol–water partition coefficient (Wildman–Crippen LogP) is 4.62. The van der Waals surface area contributed by atoms with E-state index in [1.807, 2.05) is 48.5 Å². The molecule has 112 valence electrons. The molecule has 0 atom stereocenters. The van der Waals surface area contributed by atoms with Gasteiger partial charge in [0.1, 0.15) is 12.4 Å². The van der Waals surface area contributed by atoms with E-state index < -0.39 is 0 Å². The smallest absolute Gasteiger partial charge is 0.124 e. The summed E-state index contributed by atoms with van der Waals surface area (Å²) in [5.41, 5.74) is 2.12. The third-order valence-corrected chi connectivity index (χ3v) is 3.29. The van der Waals surface area contributed by atoms with Gasteiger partial charge in [-0.2, -0.15) is 0 Å². The van der Waals surface area contributed by atoms with Gasteiger partial charge in [-0.15, -0.1) is 19.0 Å². The number of para-hydroxylation sites is 1. The Hall–Kier alpha value is -1.48. The Morgan fingerprint density at radius 1 is 1.05 bits per heavy atom. The van der Waals surface area contributed by atoms with Gasteiger partial charge in [-0.3, -0.25) is 0 Å². The van der Waals surface area contributed by atoms with Crippen molar-refractivity contribution in [3.63, 3.8) is 0 Å². The van der Waals surface area contributed by atoms with Crippen molar-refractivity contribution >= 4 is 24.0 Å². The first-order valence-electron chi connectivity index (χ1n) is 6.57. The van der Waals surface area contributed by atoms with Crippen molar-refractivity contribution in [3.8, 4) is 5.75 Å². The van der Waals surface area contributed by atoms with Crippen LogP contribution < -0.4 is 10.1 Å². The van der Waals surface area contributed by atoms with Crippen LogP contribution in [-0.2, 0) is 13.2 Å². The molecule has 2 aromatic carbocycles. The van der Waals surface area contributed by atoms with Crippen LogP contribution in [0.2, 0.25) is 5.02 Å². The molecule has 0 spiro atoms. The summed E-state index contributed by atoms with van der Waals surface area (Å²) in [6.45, 7) is 5.69. The summed E-state index contributed by atoms with van der Waals surface area (Å²) in [6, 6.07) is 15.7. The molecule has 0 aliphatic heterocycles. The molecule has 0 radical (unpaired) electrons. The monoisotopic (exact) mass is 323 g/mol. The Labute approximate surface area is 137 Å². The second-order valence-electron chi connectivity index (χ2n) is 4.41. The summed E-state index contributed by atoms with van der Waals surface area (Å²) in [7, 11) is 0. The lowest BCUT2D eigenvalue weighted by molar-refractivity contribution is 0.302. The van der Waals surface area contributed by atoms with E-state index in [9.17, 15) is 0 Å². The van der Waals surface area contributed by atoms with Crippen LogP contribution in [0.5, 0.6) is 5.75 Å². The van der Waals surface area contributed by atoms with E-state index in [2.05, 4.69) is 18.0 Å². The van der Waals surface area contributed by atoms with Gasteiger partial charge >= 0.3 is 0 Å². The molecule has 1 N–H and O–H groups in total. The zero-order valence-corrected chi connectivity index (χ0v) is 13.3. The molecule has 0 amide bonds. The van der Waals surface area contributed by atoms with Crippen LogP contribution in [0.1, 0.15) is 11.1 Å². The van der Waals surface area contributed by atoms with Gasteiger partial charge in [-0.1, -0.05) is 54.1 Å². The van der Waals surface area contributed by atoms with Crippen LogP contribution in [0.4, 0.5) is 0 Å². The van der Waals surface area contributed by atoms with Crippen LogP contribution in [0.25, 0.3) is 0 Å². The summed E-state index contributed by atoms with van der Waals surface area (Å²) in [5, 5.41) is 4.01. The SMILES string of the molecule is C=CCNCc1ccccc1OCc1ccccc1Cl.Cl. The van der Waals surface area contributed by atoms with Crippen LogP contribution >= 0.6 is 24.0 Å². The highest BCUT2D eigenvalue weighted by Gasteiger charge is 2.04. The van der Waals surface area contributed by atoms with Gasteiger partial charge in [0.15, 0.2) is 0 Å². The van der Waals surface area contributed by atoms with Crippen molar-refractivity contribution in [2.45, 2.75) is 13.2 Å². The molecule has 0 heterocycles. The molecule has 21 heavy (non-hydrogen) atoms. The van der Waals surface area contributed by atoms with Gasteiger partial charge in [-0.05, 0) is 12.1 Å². The average Bonchev–Trinajstić information content (AvgIpc) is 2.48. The fourth-order valence-corrected chi connectivity index (χ4v) is 2.06. The molecule has 0 saturated carbocycles. The van der Waals surface area contributed by atoms with E-state index >= 15 is 0 Å². The first-order valence-corrected chi connectivity index (χ1v) is 6.95. The van der Waals surface area contributed by atoms with E-state index in [1.54, 1.807) is 0 Å². The quantitative estimate of drug-likeness (QED) is 0.593. The van der Waals surface area contributed by atoms with Crippen molar-refractivity contribution in [2.75, 3.05) is 6.54 Å². The summed E-state index contributed by atoms with van der Waals surface area (Å²) in [6.07, 6.45) is 1.84. The molecule has 0 aliphatic rings. The van der Waals surface area contributed by atoms with Crippen molar-refractivity contribution in [1.29, 1.82) is 0 Å². The maximum Gasteiger partial charge on any atom is 0.124 e. The van der Waals surface area contributed by atoms with Gasteiger partial charge in [0.25, 0.3) is 0 Å². The minimum Gasteiger partial charge on any atom is -0.489 e. The van der Waals surface area contributed by atoms with Crippen LogP contribution in [0, 0.1) is 0 Å². The fourth-order valence-electron chi connectivity index (χ4n) is 1.87. The van der Waals surface area contributed by atoms with E-state index in [0.717, 1.165) is 35.0 Å². The van der Waals surface area contributed by atoms with E-state index in [1.165, 1.54) is 0 Å². The van der Waals surface area contributed by atoms with Gasteiger partial charge < -0.3 is 10.1 Å². The summed E-state index contributed by atoms with van der Waals surface area (Å²) >= 11 is 6.13. The highest BCUT2D eigenvalue weighted by Crippen LogP contribution is 2.21. The van der Waals surface area contributed by atoms with Gasteiger partial charge in [0, 0.05) is 29.2 Å². The molecule has 2 aromatic rings. The highest BCUT2D eigenvalue weighted by atomic mass is 35.5. The first-order chi connectivity index (χ1) is 9.81. The lowest BCUT2D eigenvalue weighted by atomic mass is 10.2. The Bertz CT molecular complexity index is 572. The topological polar surface area (TPSA) is 21.3 Å². The predicted molar refractivity (Wildman–Crippen MR) is 91.4 cm³/mol. The number of hydrogen-bond donors (Lipinski definition) is 1. The molecule has 0 saturated heterocycles. The van der Waals surface area contributed by atoms with Crippen LogP contribution in [-0.4, -0.2) is 6.54 Å². The summed E-state index contributed by atoms with van der Waals surface area (Å²) in [4.78, 5) is 0. The number of ether oxygens (including phenoxy) is 1. The number of hydrogen-bond acceptors (Lipinski definition) is 2. The van der Waals surface area contributed by atoms with Crippen LogP contribution in [0.15, 0.2) is 61.2 Å². The summed E-state index contributed by atoms with van der Waals surface area (Å²) < 4.78 is 5.88. The normalized spacial score (nSPS) is 9.76. The van der Waals surface area contributed by atoms with Crippen LogP contribution in [0.3, 0.4) is 0 Å². The lowest BCUT2D eigenvalue weighted by Crippen LogP contribution is -2.13.